The fourth-order valence-corrected chi connectivity index (χ4v) is 3.80. The summed E-state index contributed by atoms with van der Waals surface area (Å²) in [4.78, 5) is 25.7. The number of nitrogens with two attached hydrogens (primary N) is 1. The zero-order valence-electron chi connectivity index (χ0n) is 11.0. The number of likely N-dealkylation sites (tertiary alicyclic amines) is 1. The Morgan fingerprint density at radius 1 is 1.06 bits per heavy atom. The summed E-state index contributed by atoms with van der Waals surface area (Å²) < 4.78 is 0. The molecule has 2 N–H and O–H groups in total. The number of carbonyl (C=O) groups is 2. The van der Waals surface area contributed by atoms with Crippen LogP contribution in [0.5, 0.6) is 0 Å². The number of hydrogen-bond donors (Lipinski definition) is 1. The van der Waals surface area contributed by atoms with Crippen LogP contribution in [0.3, 0.4) is 0 Å². The molecule has 4 atom stereocenters. The normalized spacial score (nSPS) is 42.5. The van der Waals surface area contributed by atoms with Gasteiger partial charge in [0.2, 0.25) is 11.8 Å². The smallest absolute Gasteiger partial charge is 0.225 e. The van der Waals surface area contributed by atoms with E-state index in [2.05, 4.69) is 6.92 Å². The van der Waals surface area contributed by atoms with Crippen molar-refractivity contribution in [1.29, 1.82) is 0 Å². The monoisotopic (exact) mass is 250 g/mol. The van der Waals surface area contributed by atoms with Gasteiger partial charge in [-0.25, -0.2) is 0 Å². The van der Waals surface area contributed by atoms with Gasteiger partial charge in [-0.15, -0.1) is 0 Å². The number of nitrogens with zero attached hydrogens (tertiary/aromatic N) is 1. The lowest BCUT2D eigenvalue weighted by Crippen LogP contribution is -2.50. The second-order valence-electron chi connectivity index (χ2n) is 6.44. The van der Waals surface area contributed by atoms with Crippen molar-refractivity contribution in [2.45, 2.75) is 45.1 Å². The van der Waals surface area contributed by atoms with Crippen molar-refractivity contribution in [1.82, 2.24) is 4.90 Å². The van der Waals surface area contributed by atoms with Gasteiger partial charge < -0.3 is 10.6 Å². The Hall–Kier alpha value is -1.06. The van der Waals surface area contributed by atoms with Gasteiger partial charge in [0.05, 0.1) is 5.92 Å². The Kier molecular flexibility index (Phi) is 2.83. The van der Waals surface area contributed by atoms with Crippen molar-refractivity contribution < 1.29 is 9.59 Å². The third-order valence-corrected chi connectivity index (χ3v) is 5.16. The van der Waals surface area contributed by atoms with Crippen LogP contribution < -0.4 is 5.73 Å². The number of primary amides is 1. The topological polar surface area (TPSA) is 63.4 Å². The number of hydrogen-bond acceptors (Lipinski definition) is 2. The number of piperidine rings is 1. The van der Waals surface area contributed by atoms with Crippen molar-refractivity contribution in [3.8, 4) is 0 Å². The first kappa shape index (κ1) is 12.0. The van der Waals surface area contributed by atoms with Gasteiger partial charge in [0, 0.05) is 18.5 Å². The van der Waals surface area contributed by atoms with E-state index >= 15 is 0 Å². The molecule has 0 radical (unpaired) electrons. The summed E-state index contributed by atoms with van der Waals surface area (Å²) in [5, 5.41) is 0. The van der Waals surface area contributed by atoms with Gasteiger partial charge in [0.15, 0.2) is 0 Å². The molecule has 0 spiro atoms. The first-order chi connectivity index (χ1) is 8.56. The van der Waals surface area contributed by atoms with E-state index in [1.165, 1.54) is 6.42 Å². The van der Waals surface area contributed by atoms with Gasteiger partial charge >= 0.3 is 0 Å². The lowest BCUT2D eigenvalue weighted by atomic mass is 9.91. The van der Waals surface area contributed by atoms with E-state index in [9.17, 15) is 9.59 Å². The number of carbonyl (C=O) groups excluding carboxylic acids is 2. The van der Waals surface area contributed by atoms with Crippen LogP contribution >= 0.6 is 0 Å². The minimum Gasteiger partial charge on any atom is -0.369 e. The molecule has 4 unspecified atom stereocenters. The second kappa shape index (κ2) is 4.25. The molecule has 0 bridgehead atoms. The maximum Gasteiger partial charge on any atom is 0.225 e. The molecule has 1 aliphatic heterocycles. The molecule has 0 aromatic carbocycles. The van der Waals surface area contributed by atoms with Crippen molar-refractivity contribution >= 4 is 11.8 Å². The summed E-state index contributed by atoms with van der Waals surface area (Å²) >= 11 is 0. The molecule has 0 aromatic rings. The van der Waals surface area contributed by atoms with Crippen molar-refractivity contribution in [2.75, 3.05) is 6.54 Å². The van der Waals surface area contributed by atoms with Crippen LogP contribution in [-0.2, 0) is 9.59 Å². The predicted molar refractivity (Wildman–Crippen MR) is 67.4 cm³/mol. The van der Waals surface area contributed by atoms with Crippen LogP contribution in [0.2, 0.25) is 0 Å². The average molecular weight is 250 g/mol. The minimum atomic E-state index is -0.256. The Morgan fingerprint density at radius 2 is 1.72 bits per heavy atom. The molecule has 1 heterocycles. The van der Waals surface area contributed by atoms with Crippen LogP contribution in [0.15, 0.2) is 0 Å². The zero-order chi connectivity index (χ0) is 12.9. The SMILES string of the molecule is CC1CCC(C(N)=O)CN1C(=O)C1CC2CC2C1. The Morgan fingerprint density at radius 3 is 2.33 bits per heavy atom. The van der Waals surface area contributed by atoms with Crippen LogP contribution in [0.4, 0.5) is 0 Å². The molecule has 100 valence electrons. The van der Waals surface area contributed by atoms with Gasteiger partial charge in [-0.05, 0) is 50.9 Å². The molecule has 18 heavy (non-hydrogen) atoms. The molecular formula is C14H22N2O2. The molecule has 3 rings (SSSR count). The molecule has 3 fully saturated rings. The van der Waals surface area contributed by atoms with Gasteiger partial charge in [-0.1, -0.05) is 0 Å². The van der Waals surface area contributed by atoms with Gasteiger partial charge in [-0.3, -0.25) is 9.59 Å². The first-order valence-electron chi connectivity index (χ1n) is 7.16. The van der Waals surface area contributed by atoms with Crippen LogP contribution in [0.25, 0.3) is 0 Å². The number of amides is 2. The fourth-order valence-electron chi connectivity index (χ4n) is 3.80. The van der Waals surface area contributed by atoms with Gasteiger partial charge in [0.1, 0.15) is 0 Å². The maximum absolute atomic E-state index is 12.5. The highest BCUT2D eigenvalue weighted by atomic mass is 16.2. The van der Waals surface area contributed by atoms with E-state index < -0.39 is 0 Å². The Labute approximate surface area is 108 Å². The fraction of sp³-hybridized carbons (Fsp3) is 0.857. The van der Waals surface area contributed by atoms with Crippen LogP contribution in [0, 0.1) is 23.7 Å². The molecule has 4 heteroatoms. The summed E-state index contributed by atoms with van der Waals surface area (Å²) in [5.41, 5.74) is 5.38. The standard InChI is InChI=1S/C14H22N2O2/c1-8-2-3-9(13(15)17)7-16(8)14(18)12-5-10-4-11(10)6-12/h8-12H,2-7H2,1H3,(H2,15,17). The van der Waals surface area contributed by atoms with Gasteiger partial charge in [0.25, 0.3) is 0 Å². The molecule has 1 saturated heterocycles. The highest BCUT2D eigenvalue weighted by molar-refractivity contribution is 5.82. The van der Waals surface area contributed by atoms with Crippen molar-refractivity contribution in [3.05, 3.63) is 0 Å². The maximum atomic E-state index is 12.5. The third kappa shape index (κ3) is 2.02. The van der Waals surface area contributed by atoms with E-state index in [4.69, 9.17) is 5.73 Å². The van der Waals surface area contributed by atoms with Crippen LogP contribution in [0.1, 0.15) is 39.0 Å². The number of fused-ring (bicyclic) bond motifs is 1. The van der Waals surface area contributed by atoms with Crippen molar-refractivity contribution in [3.63, 3.8) is 0 Å². The lowest BCUT2D eigenvalue weighted by molar-refractivity contribution is -0.141. The Bertz CT molecular complexity index is 372. The summed E-state index contributed by atoms with van der Waals surface area (Å²) in [7, 11) is 0. The molecule has 2 aliphatic carbocycles. The lowest BCUT2D eigenvalue weighted by Gasteiger charge is -2.38. The molecular weight excluding hydrogens is 228 g/mol. The van der Waals surface area contributed by atoms with E-state index in [1.54, 1.807) is 0 Å². The summed E-state index contributed by atoms with van der Waals surface area (Å²) in [6.45, 7) is 2.63. The van der Waals surface area contributed by atoms with E-state index in [-0.39, 0.29) is 29.7 Å². The first-order valence-corrected chi connectivity index (χ1v) is 7.16. The summed E-state index contributed by atoms with van der Waals surface area (Å²) in [6.07, 6.45) is 5.22. The molecule has 4 nitrogen and oxygen atoms in total. The second-order valence-corrected chi connectivity index (χ2v) is 6.44. The highest BCUT2D eigenvalue weighted by Crippen LogP contribution is 2.54. The predicted octanol–water partition coefficient (Wildman–Crippen LogP) is 1.14. The Balaban J connectivity index is 1.65. The van der Waals surface area contributed by atoms with E-state index in [0.29, 0.717) is 6.54 Å². The average Bonchev–Trinajstić information content (AvgIpc) is 2.95. The van der Waals surface area contributed by atoms with Gasteiger partial charge in [-0.2, -0.15) is 0 Å². The highest BCUT2D eigenvalue weighted by Gasteiger charge is 2.49. The zero-order valence-corrected chi connectivity index (χ0v) is 11.0. The minimum absolute atomic E-state index is 0.138. The van der Waals surface area contributed by atoms with E-state index in [0.717, 1.165) is 37.5 Å². The molecule has 2 amide bonds. The third-order valence-electron chi connectivity index (χ3n) is 5.16. The van der Waals surface area contributed by atoms with Crippen molar-refractivity contribution in [2.24, 2.45) is 29.4 Å². The quantitative estimate of drug-likeness (QED) is 0.799. The molecule has 3 aliphatic rings. The largest absolute Gasteiger partial charge is 0.369 e. The van der Waals surface area contributed by atoms with E-state index in [1.807, 2.05) is 4.90 Å². The summed E-state index contributed by atoms with van der Waals surface area (Å²) in [6, 6.07) is 0.269. The van der Waals surface area contributed by atoms with Crippen LogP contribution in [-0.4, -0.2) is 29.3 Å². The number of rotatable bonds is 2. The summed E-state index contributed by atoms with van der Waals surface area (Å²) in [5.74, 6) is 1.76. The molecule has 2 saturated carbocycles. The molecule has 0 aromatic heterocycles.